The SMILES string of the molecule is O=S(O)[S+]([O-])c1ccc[nH]1. The van der Waals surface area contributed by atoms with E-state index in [4.69, 9.17) is 4.55 Å². The van der Waals surface area contributed by atoms with Crippen molar-refractivity contribution in [1.82, 2.24) is 4.98 Å². The number of aromatic amines is 1. The molecule has 6 heteroatoms. The van der Waals surface area contributed by atoms with E-state index in [0.717, 1.165) is 0 Å². The lowest BCUT2D eigenvalue weighted by Crippen LogP contribution is -2.07. The van der Waals surface area contributed by atoms with Crippen LogP contribution in [0.4, 0.5) is 0 Å². The van der Waals surface area contributed by atoms with Gasteiger partial charge in [0.25, 0.3) is 0 Å². The normalized spacial score (nSPS) is 16.6. The standard InChI is InChI=1S/C4H5NO3S2/c6-9(10(7)8)4-2-1-3-5-4/h1-3,5H,(H,7,8). The molecule has 10 heavy (non-hydrogen) atoms. The summed E-state index contributed by atoms with van der Waals surface area (Å²) in [6.45, 7) is 0. The Morgan fingerprint density at radius 2 is 2.50 bits per heavy atom. The topological polar surface area (TPSA) is 76.2 Å². The predicted molar refractivity (Wildman–Crippen MR) is 38.0 cm³/mol. The van der Waals surface area contributed by atoms with Crippen LogP contribution in [0.1, 0.15) is 0 Å². The molecule has 0 fully saturated rings. The van der Waals surface area contributed by atoms with Crippen molar-refractivity contribution in [2.75, 3.05) is 0 Å². The van der Waals surface area contributed by atoms with E-state index in [0.29, 0.717) is 0 Å². The summed E-state index contributed by atoms with van der Waals surface area (Å²) in [6, 6.07) is 3.10. The van der Waals surface area contributed by atoms with Gasteiger partial charge in [0, 0.05) is 12.3 Å². The summed E-state index contributed by atoms with van der Waals surface area (Å²) in [7, 11) is -4.13. The van der Waals surface area contributed by atoms with Crippen LogP contribution in [0.15, 0.2) is 23.4 Å². The van der Waals surface area contributed by atoms with E-state index in [1.165, 1.54) is 6.07 Å². The maximum Gasteiger partial charge on any atom is 0.376 e. The van der Waals surface area contributed by atoms with Gasteiger partial charge >= 0.3 is 10.1 Å². The van der Waals surface area contributed by atoms with Crippen molar-refractivity contribution in [2.24, 2.45) is 0 Å². The van der Waals surface area contributed by atoms with Gasteiger partial charge in [-0.2, -0.15) is 4.21 Å². The minimum atomic E-state index is -2.30. The summed E-state index contributed by atoms with van der Waals surface area (Å²) in [4.78, 5) is 2.57. The Hall–Kier alpha value is -0.300. The van der Waals surface area contributed by atoms with Crippen LogP contribution in [-0.4, -0.2) is 18.3 Å². The number of aromatic nitrogens is 1. The van der Waals surface area contributed by atoms with Crippen LogP contribution < -0.4 is 0 Å². The average molecular weight is 179 g/mol. The quantitative estimate of drug-likeness (QED) is 0.388. The lowest BCUT2D eigenvalue weighted by molar-refractivity contribution is 0.561. The predicted octanol–water partition coefficient (Wildman–Crippen LogP) is 0.259. The van der Waals surface area contributed by atoms with Gasteiger partial charge in [-0.15, -0.1) is 0 Å². The Labute approximate surface area is 62.5 Å². The molecule has 1 aromatic heterocycles. The molecule has 0 spiro atoms. The van der Waals surface area contributed by atoms with Crippen molar-refractivity contribution >= 4 is 20.3 Å². The van der Waals surface area contributed by atoms with E-state index in [-0.39, 0.29) is 5.03 Å². The van der Waals surface area contributed by atoms with Gasteiger partial charge in [-0.05, 0) is 6.07 Å². The zero-order valence-corrected chi connectivity index (χ0v) is 6.45. The van der Waals surface area contributed by atoms with Crippen molar-refractivity contribution in [3.8, 4) is 0 Å². The molecular formula is C4H5NO3S2. The van der Waals surface area contributed by atoms with Gasteiger partial charge in [0.05, 0.1) is 0 Å². The first-order valence-corrected chi connectivity index (χ1v) is 5.15. The van der Waals surface area contributed by atoms with Gasteiger partial charge in [-0.1, -0.05) is 0 Å². The van der Waals surface area contributed by atoms with Crippen LogP contribution in [0.2, 0.25) is 0 Å². The largest absolute Gasteiger partial charge is 0.595 e. The minimum Gasteiger partial charge on any atom is -0.595 e. The molecule has 0 amide bonds. The molecule has 0 saturated carbocycles. The van der Waals surface area contributed by atoms with Gasteiger partial charge in [-0.25, -0.2) is 0 Å². The van der Waals surface area contributed by atoms with Crippen LogP contribution in [0.25, 0.3) is 0 Å². The zero-order chi connectivity index (χ0) is 7.56. The van der Waals surface area contributed by atoms with Gasteiger partial charge in [0.15, 0.2) is 0 Å². The smallest absolute Gasteiger partial charge is 0.376 e. The van der Waals surface area contributed by atoms with Crippen LogP contribution in [0.3, 0.4) is 0 Å². The zero-order valence-electron chi connectivity index (χ0n) is 4.81. The van der Waals surface area contributed by atoms with Crippen molar-refractivity contribution in [3.63, 3.8) is 0 Å². The molecule has 0 bridgehead atoms. The molecule has 56 valence electrons. The molecule has 0 aromatic carbocycles. The highest BCUT2D eigenvalue weighted by Crippen LogP contribution is 2.09. The second kappa shape index (κ2) is 3.20. The van der Waals surface area contributed by atoms with E-state index in [1.54, 1.807) is 12.3 Å². The molecule has 2 N–H and O–H groups in total. The molecule has 0 aliphatic rings. The van der Waals surface area contributed by atoms with E-state index in [9.17, 15) is 8.76 Å². The highest BCUT2D eigenvalue weighted by atomic mass is 33.2. The van der Waals surface area contributed by atoms with E-state index in [1.807, 2.05) is 0 Å². The fourth-order valence-electron chi connectivity index (χ4n) is 0.494. The first kappa shape index (κ1) is 7.80. The molecule has 0 aliphatic heterocycles. The van der Waals surface area contributed by atoms with E-state index in [2.05, 4.69) is 4.98 Å². The van der Waals surface area contributed by atoms with Crippen LogP contribution in [0.5, 0.6) is 0 Å². The third kappa shape index (κ3) is 1.60. The Bertz CT molecular complexity index is 222. The first-order chi connectivity index (χ1) is 4.72. The summed E-state index contributed by atoms with van der Waals surface area (Å²) < 4.78 is 29.3. The summed E-state index contributed by atoms with van der Waals surface area (Å²) in [5.41, 5.74) is 0. The third-order valence-electron chi connectivity index (χ3n) is 0.878. The number of nitrogens with one attached hydrogen (secondary N) is 1. The molecule has 2 atom stereocenters. The second-order valence-electron chi connectivity index (χ2n) is 1.49. The van der Waals surface area contributed by atoms with Crippen molar-refractivity contribution < 1.29 is 13.3 Å². The molecule has 0 saturated heterocycles. The second-order valence-corrected chi connectivity index (χ2v) is 4.59. The number of hydrogen-bond acceptors (Lipinski definition) is 2. The molecule has 1 heterocycles. The lowest BCUT2D eigenvalue weighted by Gasteiger charge is -1.98. The Morgan fingerprint density at radius 1 is 1.80 bits per heavy atom. The highest BCUT2D eigenvalue weighted by Gasteiger charge is 2.18. The lowest BCUT2D eigenvalue weighted by atomic mass is 10.7. The Morgan fingerprint density at radius 3 is 2.90 bits per heavy atom. The van der Waals surface area contributed by atoms with E-state index < -0.39 is 20.3 Å². The Balaban J connectivity index is 2.77. The van der Waals surface area contributed by atoms with Crippen LogP contribution in [0, 0.1) is 0 Å². The first-order valence-electron chi connectivity index (χ1n) is 2.38. The summed E-state index contributed by atoms with van der Waals surface area (Å²) >= 11 is 0. The van der Waals surface area contributed by atoms with Crippen molar-refractivity contribution in [3.05, 3.63) is 18.3 Å². The summed E-state index contributed by atoms with van der Waals surface area (Å²) in [6.07, 6.45) is 1.54. The Kier molecular flexibility index (Phi) is 2.50. The fraction of sp³-hybridized carbons (Fsp3) is 0. The van der Waals surface area contributed by atoms with Gasteiger partial charge in [0.2, 0.25) is 5.03 Å². The minimum absolute atomic E-state index is 0.265. The van der Waals surface area contributed by atoms with Gasteiger partial charge in [-0.3, -0.25) is 4.55 Å². The maximum atomic E-state index is 10.7. The summed E-state index contributed by atoms with van der Waals surface area (Å²) in [5, 5.41) is 0.265. The molecule has 0 aliphatic carbocycles. The van der Waals surface area contributed by atoms with Crippen molar-refractivity contribution in [1.29, 1.82) is 0 Å². The summed E-state index contributed by atoms with van der Waals surface area (Å²) in [5.74, 6) is 0. The monoisotopic (exact) mass is 179 g/mol. The fourth-order valence-corrected chi connectivity index (χ4v) is 1.77. The maximum absolute atomic E-state index is 10.7. The molecule has 0 radical (unpaired) electrons. The van der Waals surface area contributed by atoms with Crippen LogP contribution in [-0.2, 0) is 20.3 Å². The average Bonchev–Trinajstić information content (AvgIpc) is 2.36. The molecule has 4 nitrogen and oxygen atoms in total. The van der Waals surface area contributed by atoms with Crippen molar-refractivity contribution in [2.45, 2.75) is 5.03 Å². The van der Waals surface area contributed by atoms with Gasteiger partial charge in [0.1, 0.15) is 10.2 Å². The molecule has 1 rings (SSSR count). The number of hydrogen-bond donors (Lipinski definition) is 2. The highest BCUT2D eigenvalue weighted by molar-refractivity contribution is 8.61. The number of H-pyrrole nitrogens is 1. The van der Waals surface area contributed by atoms with Gasteiger partial charge < -0.3 is 9.54 Å². The van der Waals surface area contributed by atoms with E-state index >= 15 is 0 Å². The third-order valence-corrected chi connectivity index (χ3v) is 3.07. The van der Waals surface area contributed by atoms with Crippen LogP contribution >= 0.6 is 0 Å². The molecule has 1 aromatic rings. The number of rotatable bonds is 2. The molecule has 2 unspecified atom stereocenters. The molecular weight excluding hydrogens is 174 g/mol.